The maximum absolute atomic E-state index is 6.22. The van der Waals surface area contributed by atoms with E-state index in [4.69, 9.17) is 14.5 Å². The lowest BCUT2D eigenvalue weighted by molar-refractivity contribution is 0.0953. The van der Waals surface area contributed by atoms with E-state index in [1.807, 2.05) is 12.3 Å². The van der Waals surface area contributed by atoms with E-state index in [1.165, 1.54) is 35.1 Å². The molecule has 2 aliphatic heterocycles. The van der Waals surface area contributed by atoms with E-state index >= 15 is 0 Å². The lowest BCUT2D eigenvalue weighted by atomic mass is 10.0. The Morgan fingerprint density at radius 3 is 2.82 bits per heavy atom. The number of piperazine rings is 1. The minimum absolute atomic E-state index is 0.656. The standard InChI is InChI=1S/C28H36N4O2/c1-3-4-13-31-20-23-18-22(24-9-8-12-29-27(24)28(23)34-21-31)19-30-14-16-32(17-15-30)25-10-6-5-7-11-26(25)33-2/h5-10,12,18H,3-4,11,13-17,19-21H2,1-2H3. The molecule has 5 rings (SSSR count). The van der Waals surface area contributed by atoms with Gasteiger partial charge in [-0.15, -0.1) is 0 Å². The topological polar surface area (TPSA) is 41.1 Å². The number of rotatable bonds is 7. The average molecular weight is 461 g/mol. The Morgan fingerprint density at radius 1 is 1.12 bits per heavy atom. The van der Waals surface area contributed by atoms with E-state index in [9.17, 15) is 0 Å². The molecule has 1 fully saturated rings. The second-order valence-electron chi connectivity index (χ2n) is 9.37. The first kappa shape index (κ1) is 22.9. The summed E-state index contributed by atoms with van der Waals surface area (Å²) in [4.78, 5) is 12.2. The summed E-state index contributed by atoms with van der Waals surface area (Å²) in [6.07, 6.45) is 13.7. The summed E-state index contributed by atoms with van der Waals surface area (Å²) in [5.74, 6) is 2.03. The molecular formula is C28H36N4O2. The van der Waals surface area contributed by atoms with E-state index in [1.54, 1.807) is 7.11 Å². The first-order valence-corrected chi connectivity index (χ1v) is 12.6. The molecule has 1 aliphatic carbocycles. The van der Waals surface area contributed by atoms with Crippen molar-refractivity contribution < 1.29 is 9.47 Å². The Balaban J connectivity index is 1.32. The van der Waals surface area contributed by atoms with E-state index in [0.717, 1.165) is 69.3 Å². The summed E-state index contributed by atoms with van der Waals surface area (Å²) in [5.41, 5.74) is 4.86. The molecular weight excluding hydrogens is 424 g/mol. The van der Waals surface area contributed by atoms with Gasteiger partial charge in [0.25, 0.3) is 0 Å². The zero-order valence-corrected chi connectivity index (χ0v) is 20.5. The molecule has 0 spiro atoms. The van der Waals surface area contributed by atoms with Gasteiger partial charge in [0.1, 0.15) is 18.0 Å². The van der Waals surface area contributed by atoms with Crippen molar-refractivity contribution in [2.75, 3.05) is 46.6 Å². The van der Waals surface area contributed by atoms with Gasteiger partial charge in [0.05, 0.1) is 12.8 Å². The van der Waals surface area contributed by atoms with Gasteiger partial charge in [-0.1, -0.05) is 37.6 Å². The molecule has 0 saturated carbocycles. The fraction of sp³-hybridized carbons (Fsp3) is 0.464. The quantitative estimate of drug-likeness (QED) is 0.598. The molecule has 180 valence electrons. The Morgan fingerprint density at radius 2 is 2.00 bits per heavy atom. The molecule has 1 aromatic heterocycles. The van der Waals surface area contributed by atoms with Crippen LogP contribution in [0, 0.1) is 0 Å². The predicted molar refractivity (Wildman–Crippen MR) is 136 cm³/mol. The summed E-state index contributed by atoms with van der Waals surface area (Å²) < 4.78 is 11.9. The van der Waals surface area contributed by atoms with Crippen LogP contribution in [0.4, 0.5) is 0 Å². The van der Waals surface area contributed by atoms with Gasteiger partial charge in [-0.25, -0.2) is 0 Å². The third-order valence-corrected chi connectivity index (χ3v) is 7.07. The molecule has 1 saturated heterocycles. The Kier molecular flexibility index (Phi) is 7.16. The van der Waals surface area contributed by atoms with Gasteiger partial charge in [0.15, 0.2) is 5.75 Å². The van der Waals surface area contributed by atoms with Crippen LogP contribution in [-0.2, 0) is 17.8 Å². The maximum atomic E-state index is 6.22. The SMILES string of the molecule is CCCCN1COc2c(cc(CN3CCN(C4=C(OC)CC=CC=C4)CC3)c3cccnc23)C1. The van der Waals surface area contributed by atoms with Crippen LogP contribution in [0.5, 0.6) is 5.75 Å². The maximum Gasteiger partial charge on any atom is 0.152 e. The minimum Gasteiger partial charge on any atom is -0.499 e. The third kappa shape index (κ3) is 4.84. The number of aromatic nitrogens is 1. The molecule has 6 heteroatoms. The van der Waals surface area contributed by atoms with Gasteiger partial charge < -0.3 is 14.4 Å². The van der Waals surface area contributed by atoms with Crippen LogP contribution in [0.15, 0.2) is 60.2 Å². The monoisotopic (exact) mass is 460 g/mol. The zero-order chi connectivity index (χ0) is 23.3. The summed E-state index contributed by atoms with van der Waals surface area (Å²) >= 11 is 0. The van der Waals surface area contributed by atoms with Crippen LogP contribution in [0.3, 0.4) is 0 Å². The first-order valence-electron chi connectivity index (χ1n) is 12.6. The van der Waals surface area contributed by atoms with E-state index < -0.39 is 0 Å². The van der Waals surface area contributed by atoms with Crippen molar-refractivity contribution in [3.63, 3.8) is 0 Å². The number of nitrogens with zero attached hydrogens (tertiary/aromatic N) is 4. The number of hydrogen-bond donors (Lipinski definition) is 0. The summed E-state index contributed by atoms with van der Waals surface area (Å²) in [7, 11) is 1.78. The van der Waals surface area contributed by atoms with Crippen LogP contribution in [0.2, 0.25) is 0 Å². The van der Waals surface area contributed by atoms with Crippen molar-refractivity contribution in [1.29, 1.82) is 0 Å². The highest BCUT2D eigenvalue weighted by molar-refractivity contribution is 5.89. The second-order valence-corrected chi connectivity index (χ2v) is 9.37. The van der Waals surface area contributed by atoms with E-state index in [0.29, 0.717) is 6.73 Å². The molecule has 3 aliphatic rings. The van der Waals surface area contributed by atoms with Crippen LogP contribution in [-0.4, -0.2) is 66.2 Å². The molecule has 3 heterocycles. The number of methoxy groups -OCH3 is 1. The number of pyridine rings is 1. The van der Waals surface area contributed by atoms with E-state index in [2.05, 4.69) is 58.1 Å². The van der Waals surface area contributed by atoms with Crippen LogP contribution in [0.1, 0.15) is 37.3 Å². The molecule has 34 heavy (non-hydrogen) atoms. The smallest absolute Gasteiger partial charge is 0.152 e. The highest BCUT2D eigenvalue weighted by Gasteiger charge is 2.25. The van der Waals surface area contributed by atoms with Crippen molar-refractivity contribution in [3.8, 4) is 5.75 Å². The molecule has 2 aromatic rings. The Bertz CT molecular complexity index is 1100. The third-order valence-electron chi connectivity index (χ3n) is 7.07. The normalized spacial score (nSPS) is 19.3. The highest BCUT2D eigenvalue weighted by Crippen LogP contribution is 2.35. The molecule has 6 nitrogen and oxygen atoms in total. The number of hydrogen-bond acceptors (Lipinski definition) is 6. The number of allylic oxidation sites excluding steroid dienone is 4. The van der Waals surface area contributed by atoms with Crippen molar-refractivity contribution in [2.45, 2.75) is 39.3 Å². The van der Waals surface area contributed by atoms with Crippen molar-refractivity contribution in [1.82, 2.24) is 19.7 Å². The number of benzene rings is 1. The van der Waals surface area contributed by atoms with Gasteiger partial charge >= 0.3 is 0 Å². The molecule has 0 atom stereocenters. The fourth-order valence-corrected chi connectivity index (χ4v) is 5.18. The van der Waals surface area contributed by atoms with Crippen LogP contribution >= 0.6 is 0 Å². The number of ether oxygens (including phenoxy) is 2. The molecule has 0 radical (unpaired) electrons. The largest absolute Gasteiger partial charge is 0.499 e. The summed E-state index contributed by atoms with van der Waals surface area (Å²) in [6, 6.07) is 6.60. The van der Waals surface area contributed by atoms with E-state index in [-0.39, 0.29) is 0 Å². The molecule has 1 aromatic carbocycles. The number of unbranched alkanes of at least 4 members (excludes halogenated alkanes) is 1. The molecule has 0 N–H and O–H groups in total. The Hall–Kier alpha value is -2.83. The lowest BCUT2D eigenvalue weighted by Gasteiger charge is -2.37. The van der Waals surface area contributed by atoms with Gasteiger partial charge in [0.2, 0.25) is 0 Å². The summed E-state index contributed by atoms with van der Waals surface area (Å²) in [5, 5.41) is 1.22. The molecule has 0 amide bonds. The van der Waals surface area contributed by atoms with Crippen LogP contribution in [0.25, 0.3) is 10.9 Å². The molecule has 0 bridgehead atoms. The fourth-order valence-electron chi connectivity index (χ4n) is 5.18. The van der Waals surface area contributed by atoms with Crippen LogP contribution < -0.4 is 4.74 Å². The van der Waals surface area contributed by atoms with Gasteiger partial charge in [-0.3, -0.25) is 14.8 Å². The summed E-state index contributed by atoms with van der Waals surface area (Å²) in [6.45, 7) is 9.91. The second kappa shape index (κ2) is 10.6. The van der Waals surface area contributed by atoms with Crippen molar-refractivity contribution in [3.05, 3.63) is 71.3 Å². The van der Waals surface area contributed by atoms with Crippen molar-refractivity contribution in [2.24, 2.45) is 0 Å². The Labute approximate surface area is 203 Å². The van der Waals surface area contributed by atoms with Crippen molar-refractivity contribution >= 4 is 10.9 Å². The van der Waals surface area contributed by atoms with Gasteiger partial charge in [-0.2, -0.15) is 0 Å². The zero-order valence-electron chi connectivity index (χ0n) is 20.5. The number of fused-ring (bicyclic) bond motifs is 3. The van der Waals surface area contributed by atoms with Gasteiger partial charge in [0, 0.05) is 69.4 Å². The van der Waals surface area contributed by atoms with Gasteiger partial charge in [-0.05, 0) is 30.2 Å². The minimum atomic E-state index is 0.656. The first-order chi connectivity index (χ1) is 16.8. The lowest BCUT2D eigenvalue weighted by Crippen LogP contribution is -2.45. The predicted octanol–water partition coefficient (Wildman–Crippen LogP) is 4.68. The average Bonchev–Trinajstić information content (AvgIpc) is 3.13. The highest BCUT2D eigenvalue weighted by atomic mass is 16.5. The molecule has 0 unspecified atom stereocenters.